The van der Waals surface area contributed by atoms with Gasteiger partial charge < -0.3 is 33.9 Å². The second-order valence-corrected chi connectivity index (χ2v) is 6.03. The molecule has 2 aromatic carbocycles. The molecule has 180 valence electrons. The van der Waals surface area contributed by atoms with E-state index in [0.717, 1.165) is 0 Å². The topological polar surface area (TPSA) is 138 Å². The van der Waals surface area contributed by atoms with Gasteiger partial charge in [0.05, 0.1) is 30.9 Å². The number of aliphatic hydroxyl groups excluding tert-OH is 1. The van der Waals surface area contributed by atoms with E-state index >= 15 is 0 Å². The van der Waals surface area contributed by atoms with E-state index < -0.39 is 6.16 Å². The number of hydrogen-bond donors (Lipinski definition) is 2. The monoisotopic (exact) mass is 464 g/mol. The third-order valence-electron chi connectivity index (χ3n) is 3.63. The Kier molecular flexibility index (Phi) is 13.2. The van der Waals surface area contributed by atoms with Gasteiger partial charge in [-0.25, -0.2) is 14.4 Å². The van der Waals surface area contributed by atoms with Gasteiger partial charge in [0.15, 0.2) is 0 Å². The molecule has 0 amide bonds. The molecular formula is C23H28O10. The summed E-state index contributed by atoms with van der Waals surface area (Å²) in [5.41, 5.74) is 0.947. The number of aromatic hydroxyl groups is 1. The van der Waals surface area contributed by atoms with Crippen LogP contribution in [0.3, 0.4) is 0 Å². The molecule has 0 unspecified atom stereocenters. The van der Waals surface area contributed by atoms with Crippen LogP contribution in [0.15, 0.2) is 48.5 Å². The fourth-order valence-electron chi connectivity index (χ4n) is 2.17. The molecule has 1 saturated heterocycles. The van der Waals surface area contributed by atoms with Gasteiger partial charge in [-0.2, -0.15) is 0 Å². The lowest BCUT2D eigenvalue weighted by atomic mass is 10.2. The van der Waals surface area contributed by atoms with Crippen LogP contribution in [0.1, 0.15) is 34.6 Å². The van der Waals surface area contributed by atoms with Gasteiger partial charge in [-0.1, -0.05) is 0 Å². The van der Waals surface area contributed by atoms with Crippen molar-refractivity contribution < 1.29 is 48.3 Å². The van der Waals surface area contributed by atoms with E-state index in [9.17, 15) is 14.4 Å². The number of carbonyl (C=O) groups is 3. The molecule has 0 radical (unpaired) electrons. The fourth-order valence-corrected chi connectivity index (χ4v) is 2.17. The summed E-state index contributed by atoms with van der Waals surface area (Å²) in [6, 6.07) is 12.5. The highest BCUT2D eigenvalue weighted by Gasteiger charge is 2.09. The number of benzene rings is 2. The first-order valence-corrected chi connectivity index (χ1v) is 10.2. The van der Waals surface area contributed by atoms with Crippen LogP contribution >= 0.6 is 0 Å². The van der Waals surface area contributed by atoms with E-state index in [1.165, 1.54) is 24.3 Å². The molecule has 33 heavy (non-hydrogen) atoms. The zero-order valence-corrected chi connectivity index (χ0v) is 18.5. The minimum atomic E-state index is -0.546. The van der Waals surface area contributed by atoms with E-state index in [1.807, 2.05) is 0 Å². The third-order valence-corrected chi connectivity index (χ3v) is 3.63. The summed E-state index contributed by atoms with van der Waals surface area (Å²) < 4.78 is 23.3. The first-order chi connectivity index (χ1) is 15.9. The Morgan fingerprint density at radius 1 is 0.848 bits per heavy atom. The van der Waals surface area contributed by atoms with Crippen molar-refractivity contribution in [2.75, 3.05) is 39.6 Å². The SMILES string of the molecule is CCOC(=O)c1ccc(O)cc1.CCOC(=O)c1ccc(OCCO)cc1.O=C1OCCO1. The molecule has 2 N–H and O–H groups in total. The number of ether oxygens (including phenoxy) is 5. The zero-order chi connectivity index (χ0) is 24.5. The van der Waals surface area contributed by atoms with Crippen LogP contribution in [0.25, 0.3) is 0 Å². The van der Waals surface area contributed by atoms with Crippen LogP contribution in [0, 0.1) is 0 Å². The van der Waals surface area contributed by atoms with Crippen molar-refractivity contribution in [3.63, 3.8) is 0 Å². The molecule has 3 rings (SSSR count). The standard InChI is InChI=1S/C11H14O4.C9H10O3.C3H4O3/c1-2-14-11(13)9-3-5-10(6-4-9)15-8-7-12;1-2-12-9(11)7-3-5-8(10)6-4-7;4-3-5-1-2-6-3/h3-6,12H,2,7-8H2,1H3;3-6,10H,2H2,1H3;1-2H2. The zero-order valence-electron chi connectivity index (χ0n) is 18.5. The Labute approximate surface area is 191 Å². The summed E-state index contributed by atoms with van der Waals surface area (Å²) in [4.78, 5) is 32.1. The van der Waals surface area contributed by atoms with Gasteiger partial charge >= 0.3 is 18.1 Å². The van der Waals surface area contributed by atoms with Crippen LogP contribution < -0.4 is 4.74 Å². The normalized spacial score (nSPS) is 11.4. The molecule has 1 fully saturated rings. The summed E-state index contributed by atoms with van der Waals surface area (Å²) >= 11 is 0. The number of aliphatic hydroxyl groups is 1. The number of esters is 2. The lowest BCUT2D eigenvalue weighted by Gasteiger charge is -2.05. The first-order valence-electron chi connectivity index (χ1n) is 10.2. The lowest BCUT2D eigenvalue weighted by Crippen LogP contribution is -2.05. The second-order valence-electron chi connectivity index (χ2n) is 6.03. The van der Waals surface area contributed by atoms with E-state index in [2.05, 4.69) is 9.47 Å². The fraction of sp³-hybridized carbons (Fsp3) is 0.348. The number of phenolic OH excluding ortho intramolecular Hbond substituents is 1. The van der Waals surface area contributed by atoms with Crippen LogP contribution in [0.2, 0.25) is 0 Å². The van der Waals surface area contributed by atoms with E-state index in [0.29, 0.717) is 43.3 Å². The Morgan fingerprint density at radius 2 is 1.30 bits per heavy atom. The Bertz CT molecular complexity index is 839. The van der Waals surface area contributed by atoms with Crippen molar-refractivity contribution in [1.29, 1.82) is 0 Å². The molecule has 1 aliphatic rings. The molecule has 0 atom stereocenters. The van der Waals surface area contributed by atoms with Crippen molar-refractivity contribution in [3.05, 3.63) is 59.7 Å². The van der Waals surface area contributed by atoms with Crippen molar-refractivity contribution in [1.82, 2.24) is 0 Å². The summed E-state index contributed by atoms with van der Waals surface area (Å²) in [7, 11) is 0. The van der Waals surface area contributed by atoms with Crippen molar-refractivity contribution in [2.24, 2.45) is 0 Å². The molecule has 1 aliphatic heterocycles. The third kappa shape index (κ3) is 11.4. The molecule has 0 saturated carbocycles. The maximum Gasteiger partial charge on any atom is 0.508 e. The number of rotatable bonds is 7. The second kappa shape index (κ2) is 15.9. The molecule has 1 heterocycles. The highest BCUT2D eigenvalue weighted by molar-refractivity contribution is 5.89. The Morgan fingerprint density at radius 3 is 1.67 bits per heavy atom. The molecule has 0 spiro atoms. The summed E-state index contributed by atoms with van der Waals surface area (Å²) in [6.07, 6.45) is -0.546. The smallest absolute Gasteiger partial charge is 0.508 e. The summed E-state index contributed by atoms with van der Waals surface area (Å²) in [6.45, 7) is 5.28. The minimum absolute atomic E-state index is 0.0281. The number of phenols is 1. The largest absolute Gasteiger partial charge is 0.508 e. The molecular weight excluding hydrogens is 436 g/mol. The number of carbonyl (C=O) groups excluding carboxylic acids is 3. The average Bonchev–Trinajstić information content (AvgIpc) is 3.30. The van der Waals surface area contributed by atoms with Crippen molar-refractivity contribution in [2.45, 2.75) is 13.8 Å². The minimum Gasteiger partial charge on any atom is -0.508 e. The number of hydrogen-bond acceptors (Lipinski definition) is 10. The van der Waals surface area contributed by atoms with Gasteiger partial charge in [-0.15, -0.1) is 0 Å². The Hall–Kier alpha value is -3.79. The summed E-state index contributed by atoms with van der Waals surface area (Å²) in [5, 5.41) is 17.5. The predicted molar refractivity (Wildman–Crippen MR) is 116 cm³/mol. The van der Waals surface area contributed by atoms with Gasteiger partial charge in [0.1, 0.15) is 31.3 Å². The number of cyclic esters (lactones) is 2. The van der Waals surface area contributed by atoms with E-state index in [4.69, 9.17) is 24.4 Å². The quantitative estimate of drug-likeness (QED) is 0.464. The summed E-state index contributed by atoms with van der Waals surface area (Å²) in [5.74, 6) is 0.0591. The van der Waals surface area contributed by atoms with Crippen LogP contribution in [-0.4, -0.2) is 67.9 Å². The molecule has 0 aromatic heterocycles. The van der Waals surface area contributed by atoms with Gasteiger partial charge in [0.2, 0.25) is 0 Å². The lowest BCUT2D eigenvalue weighted by molar-refractivity contribution is 0.0516. The maximum atomic E-state index is 11.3. The molecule has 0 bridgehead atoms. The molecule has 2 aromatic rings. The van der Waals surface area contributed by atoms with Crippen LogP contribution in [-0.2, 0) is 18.9 Å². The Balaban J connectivity index is 0.000000268. The average molecular weight is 464 g/mol. The van der Waals surface area contributed by atoms with Gasteiger partial charge in [-0.3, -0.25) is 0 Å². The molecule has 10 heteroatoms. The van der Waals surface area contributed by atoms with Crippen LogP contribution in [0.5, 0.6) is 11.5 Å². The van der Waals surface area contributed by atoms with Gasteiger partial charge in [0, 0.05) is 0 Å². The van der Waals surface area contributed by atoms with Crippen molar-refractivity contribution >= 4 is 18.1 Å². The van der Waals surface area contributed by atoms with Crippen LogP contribution in [0.4, 0.5) is 4.79 Å². The van der Waals surface area contributed by atoms with Crippen molar-refractivity contribution in [3.8, 4) is 11.5 Å². The van der Waals surface area contributed by atoms with Gasteiger partial charge in [-0.05, 0) is 62.4 Å². The molecule has 10 nitrogen and oxygen atoms in total. The predicted octanol–water partition coefficient (Wildman–Crippen LogP) is 2.96. The molecule has 0 aliphatic carbocycles. The first kappa shape index (κ1) is 27.2. The van der Waals surface area contributed by atoms with Gasteiger partial charge in [0.25, 0.3) is 0 Å². The highest BCUT2D eigenvalue weighted by Crippen LogP contribution is 2.13. The van der Waals surface area contributed by atoms with E-state index in [-0.39, 0.29) is 30.9 Å². The maximum absolute atomic E-state index is 11.3. The van der Waals surface area contributed by atoms with E-state index in [1.54, 1.807) is 38.1 Å². The highest BCUT2D eigenvalue weighted by atomic mass is 16.8.